The van der Waals surface area contributed by atoms with Crippen molar-refractivity contribution >= 4 is 6.21 Å². The van der Waals surface area contributed by atoms with Gasteiger partial charge in [0.2, 0.25) is 0 Å². The van der Waals surface area contributed by atoms with Gasteiger partial charge in [-0.2, -0.15) is 0 Å². The molecular weight excluding hydrogens is 174 g/mol. The predicted octanol–water partition coefficient (Wildman–Crippen LogP) is 1.99. The Morgan fingerprint density at radius 1 is 1.50 bits per heavy atom. The van der Waals surface area contributed by atoms with Gasteiger partial charge in [-0.3, -0.25) is 4.99 Å². The van der Waals surface area contributed by atoms with Crippen molar-refractivity contribution in [3.05, 3.63) is 23.7 Å². The summed E-state index contributed by atoms with van der Waals surface area (Å²) in [6.07, 6.45) is 5.59. The smallest absolute Gasteiger partial charge is 0.0568 e. The van der Waals surface area contributed by atoms with Crippen LogP contribution >= 0.6 is 0 Å². The van der Waals surface area contributed by atoms with Crippen LogP contribution in [0.5, 0.6) is 0 Å². The van der Waals surface area contributed by atoms with Crippen LogP contribution in [0.2, 0.25) is 0 Å². The second kappa shape index (κ2) is 7.18. The first-order chi connectivity index (χ1) is 6.67. The maximum absolute atomic E-state index is 4.05. The first kappa shape index (κ1) is 12.8. The fourth-order valence-corrected chi connectivity index (χ4v) is 1.04. The van der Waals surface area contributed by atoms with Gasteiger partial charge in [0.05, 0.1) is 5.70 Å². The molecule has 0 bridgehead atoms. The van der Waals surface area contributed by atoms with E-state index in [0.29, 0.717) is 0 Å². The molecule has 0 aliphatic carbocycles. The van der Waals surface area contributed by atoms with Crippen LogP contribution < -0.4 is 5.32 Å². The van der Waals surface area contributed by atoms with E-state index < -0.39 is 0 Å². The molecular formula is C11H21N3. The van der Waals surface area contributed by atoms with E-state index in [9.17, 15) is 0 Å². The van der Waals surface area contributed by atoms with Gasteiger partial charge < -0.3 is 10.2 Å². The Kier molecular flexibility index (Phi) is 6.54. The van der Waals surface area contributed by atoms with Crippen molar-refractivity contribution in [3.63, 3.8) is 0 Å². The van der Waals surface area contributed by atoms with Gasteiger partial charge in [-0.1, -0.05) is 0 Å². The molecule has 0 aliphatic rings. The summed E-state index contributed by atoms with van der Waals surface area (Å²) in [6, 6.07) is 0. The molecule has 0 radical (unpaired) electrons. The SMILES string of the molecule is CC=N/C=C\C(=C(/C)NC)N(C)CC. The number of rotatable bonds is 5. The van der Waals surface area contributed by atoms with Crippen LogP contribution in [0.25, 0.3) is 0 Å². The fraction of sp³-hybridized carbons (Fsp3) is 0.545. The summed E-state index contributed by atoms with van der Waals surface area (Å²) in [5.41, 5.74) is 2.32. The van der Waals surface area contributed by atoms with Gasteiger partial charge in [0, 0.05) is 38.8 Å². The second-order valence-corrected chi connectivity index (χ2v) is 3.00. The van der Waals surface area contributed by atoms with Gasteiger partial charge in [0.15, 0.2) is 0 Å². The highest BCUT2D eigenvalue weighted by Crippen LogP contribution is 2.07. The molecule has 3 heteroatoms. The van der Waals surface area contributed by atoms with Crippen LogP contribution in [0.1, 0.15) is 20.8 Å². The summed E-state index contributed by atoms with van der Waals surface area (Å²) in [4.78, 5) is 6.22. The average molecular weight is 195 g/mol. The van der Waals surface area contributed by atoms with E-state index in [1.54, 1.807) is 6.21 Å². The van der Waals surface area contributed by atoms with E-state index in [2.05, 4.69) is 36.1 Å². The minimum absolute atomic E-state index is 0.981. The van der Waals surface area contributed by atoms with Gasteiger partial charge in [-0.05, 0) is 26.8 Å². The first-order valence-corrected chi connectivity index (χ1v) is 4.91. The number of allylic oxidation sites excluding steroid dienone is 2. The number of hydrogen-bond donors (Lipinski definition) is 1. The molecule has 0 unspecified atom stereocenters. The molecule has 0 aromatic heterocycles. The molecule has 0 aromatic rings. The summed E-state index contributed by atoms with van der Waals surface area (Å²) < 4.78 is 0. The number of nitrogens with one attached hydrogen (secondary N) is 1. The maximum atomic E-state index is 4.05. The fourth-order valence-electron chi connectivity index (χ4n) is 1.04. The van der Waals surface area contributed by atoms with Gasteiger partial charge in [0.25, 0.3) is 0 Å². The average Bonchev–Trinajstić information content (AvgIpc) is 2.22. The Morgan fingerprint density at radius 2 is 2.14 bits per heavy atom. The summed E-state index contributed by atoms with van der Waals surface area (Å²) in [7, 11) is 3.99. The van der Waals surface area contributed by atoms with Crippen LogP contribution in [-0.2, 0) is 0 Å². The Bertz CT molecular complexity index is 239. The summed E-state index contributed by atoms with van der Waals surface area (Å²) in [6.45, 7) is 7.07. The lowest BCUT2D eigenvalue weighted by Gasteiger charge is -2.20. The van der Waals surface area contributed by atoms with E-state index in [0.717, 1.165) is 12.2 Å². The number of aliphatic imine (C=N–C) groups is 1. The Balaban J connectivity index is 4.74. The lowest BCUT2D eigenvalue weighted by atomic mass is 10.3. The van der Waals surface area contributed by atoms with Crippen LogP contribution in [-0.4, -0.2) is 31.8 Å². The molecule has 0 spiro atoms. The van der Waals surface area contributed by atoms with E-state index in [1.807, 2.05) is 26.2 Å². The largest absolute Gasteiger partial charge is 0.390 e. The monoisotopic (exact) mass is 195 g/mol. The van der Waals surface area contributed by atoms with Crippen molar-refractivity contribution in [1.82, 2.24) is 10.2 Å². The lowest BCUT2D eigenvalue weighted by Crippen LogP contribution is -2.20. The summed E-state index contributed by atoms with van der Waals surface area (Å²) >= 11 is 0. The second-order valence-electron chi connectivity index (χ2n) is 3.00. The standard InChI is InChI=1S/C11H21N3/c1-6-13-9-8-11(10(3)12-4)14(5)7-2/h6,8-9,12H,7H2,1-5H3/b9-8-,11-10-,13-6?. The lowest BCUT2D eigenvalue weighted by molar-refractivity contribution is 0.447. The third kappa shape index (κ3) is 4.12. The number of hydrogen-bond acceptors (Lipinski definition) is 3. The zero-order chi connectivity index (χ0) is 11.0. The predicted molar refractivity (Wildman–Crippen MR) is 63.4 cm³/mol. The molecule has 0 rings (SSSR count). The molecule has 0 atom stereocenters. The van der Waals surface area contributed by atoms with Crippen LogP contribution in [0, 0.1) is 0 Å². The van der Waals surface area contributed by atoms with Crippen molar-refractivity contribution in [2.75, 3.05) is 20.6 Å². The van der Waals surface area contributed by atoms with Crippen LogP contribution in [0.3, 0.4) is 0 Å². The van der Waals surface area contributed by atoms with E-state index in [-0.39, 0.29) is 0 Å². The Morgan fingerprint density at radius 3 is 2.57 bits per heavy atom. The van der Waals surface area contributed by atoms with E-state index >= 15 is 0 Å². The topological polar surface area (TPSA) is 27.6 Å². The molecule has 14 heavy (non-hydrogen) atoms. The summed E-state index contributed by atoms with van der Waals surface area (Å²) in [5, 5.41) is 3.14. The highest BCUT2D eigenvalue weighted by Gasteiger charge is 2.01. The van der Waals surface area contributed by atoms with Gasteiger partial charge in [-0.25, -0.2) is 0 Å². The Labute approximate surface area is 87.2 Å². The van der Waals surface area contributed by atoms with Crippen molar-refractivity contribution in [2.45, 2.75) is 20.8 Å². The molecule has 0 aliphatic heterocycles. The molecule has 80 valence electrons. The summed E-state index contributed by atoms with van der Waals surface area (Å²) in [5.74, 6) is 0. The third-order valence-corrected chi connectivity index (χ3v) is 2.11. The molecule has 0 fully saturated rings. The molecule has 3 nitrogen and oxygen atoms in total. The van der Waals surface area contributed by atoms with Crippen LogP contribution in [0.15, 0.2) is 28.7 Å². The normalized spacial score (nSPS) is 13.5. The maximum Gasteiger partial charge on any atom is 0.0568 e. The zero-order valence-corrected chi connectivity index (χ0v) is 9.83. The van der Waals surface area contributed by atoms with Crippen LogP contribution in [0.4, 0.5) is 0 Å². The molecule has 0 saturated carbocycles. The van der Waals surface area contributed by atoms with Gasteiger partial charge in [-0.15, -0.1) is 0 Å². The molecule has 0 aromatic carbocycles. The van der Waals surface area contributed by atoms with Crippen molar-refractivity contribution in [1.29, 1.82) is 0 Å². The zero-order valence-electron chi connectivity index (χ0n) is 9.83. The third-order valence-electron chi connectivity index (χ3n) is 2.11. The highest BCUT2D eigenvalue weighted by molar-refractivity contribution is 5.54. The number of likely N-dealkylation sites (N-methyl/N-ethyl adjacent to an activating group) is 1. The molecule has 0 saturated heterocycles. The quantitative estimate of drug-likeness (QED) is 0.536. The van der Waals surface area contributed by atoms with Crippen molar-refractivity contribution in [3.8, 4) is 0 Å². The van der Waals surface area contributed by atoms with Crippen molar-refractivity contribution in [2.24, 2.45) is 4.99 Å². The first-order valence-electron chi connectivity index (χ1n) is 4.91. The van der Waals surface area contributed by atoms with E-state index in [4.69, 9.17) is 0 Å². The van der Waals surface area contributed by atoms with Crippen molar-refractivity contribution < 1.29 is 0 Å². The minimum Gasteiger partial charge on any atom is -0.390 e. The number of nitrogens with zero attached hydrogens (tertiary/aromatic N) is 2. The van der Waals surface area contributed by atoms with Gasteiger partial charge >= 0.3 is 0 Å². The molecule has 1 N–H and O–H groups in total. The van der Waals surface area contributed by atoms with Gasteiger partial charge in [0.1, 0.15) is 0 Å². The Hall–Kier alpha value is -1.25. The highest BCUT2D eigenvalue weighted by atomic mass is 15.1. The molecule has 0 heterocycles. The molecule has 0 amide bonds. The minimum atomic E-state index is 0.981. The van der Waals surface area contributed by atoms with E-state index in [1.165, 1.54) is 5.70 Å².